The van der Waals surface area contributed by atoms with E-state index in [1.165, 1.54) is 12.8 Å². The standard InChI is InChI=1S/C12H15F2NO/c13-12(14)16-10-5-3-4-9(8-10)11-6-1-2-7-15-11/h3-5,8,11-12,15H,1-2,6-7H2. The van der Waals surface area contributed by atoms with Crippen molar-refractivity contribution >= 4 is 0 Å². The second-order valence-corrected chi connectivity index (χ2v) is 3.95. The Morgan fingerprint density at radius 3 is 2.88 bits per heavy atom. The van der Waals surface area contributed by atoms with Gasteiger partial charge in [-0.1, -0.05) is 18.6 Å². The largest absolute Gasteiger partial charge is 0.435 e. The Kier molecular flexibility index (Phi) is 3.72. The summed E-state index contributed by atoms with van der Waals surface area (Å²) in [4.78, 5) is 0. The summed E-state index contributed by atoms with van der Waals surface area (Å²) in [7, 11) is 0. The van der Waals surface area contributed by atoms with Gasteiger partial charge in [0.05, 0.1) is 0 Å². The first-order chi connectivity index (χ1) is 7.75. The monoisotopic (exact) mass is 227 g/mol. The number of alkyl halides is 2. The lowest BCUT2D eigenvalue weighted by atomic mass is 9.97. The molecular formula is C12H15F2NO. The molecule has 0 amide bonds. The first-order valence-corrected chi connectivity index (χ1v) is 5.54. The number of hydrogen-bond donors (Lipinski definition) is 1. The molecule has 2 rings (SSSR count). The molecule has 0 saturated carbocycles. The van der Waals surface area contributed by atoms with Crippen LogP contribution in [0.1, 0.15) is 30.9 Å². The van der Waals surface area contributed by atoms with Crippen LogP contribution in [-0.2, 0) is 0 Å². The van der Waals surface area contributed by atoms with E-state index in [1.54, 1.807) is 18.2 Å². The minimum absolute atomic E-state index is 0.236. The summed E-state index contributed by atoms with van der Waals surface area (Å²) in [6, 6.07) is 7.22. The van der Waals surface area contributed by atoms with E-state index in [-0.39, 0.29) is 11.8 Å². The van der Waals surface area contributed by atoms with Crippen molar-refractivity contribution < 1.29 is 13.5 Å². The van der Waals surface area contributed by atoms with Crippen LogP contribution in [0, 0.1) is 0 Å². The van der Waals surface area contributed by atoms with Gasteiger partial charge in [-0.15, -0.1) is 0 Å². The van der Waals surface area contributed by atoms with Crippen molar-refractivity contribution in [2.45, 2.75) is 31.9 Å². The Morgan fingerprint density at radius 1 is 1.31 bits per heavy atom. The molecule has 4 heteroatoms. The van der Waals surface area contributed by atoms with Crippen molar-refractivity contribution in [2.75, 3.05) is 6.54 Å². The lowest BCUT2D eigenvalue weighted by Gasteiger charge is -2.24. The first kappa shape index (κ1) is 11.3. The number of hydrogen-bond acceptors (Lipinski definition) is 2. The van der Waals surface area contributed by atoms with E-state index in [4.69, 9.17) is 0 Å². The van der Waals surface area contributed by atoms with Gasteiger partial charge in [0.15, 0.2) is 0 Å². The maximum absolute atomic E-state index is 12.1. The molecule has 1 fully saturated rings. The summed E-state index contributed by atoms with van der Waals surface area (Å²) in [5.74, 6) is 0.236. The van der Waals surface area contributed by atoms with Crippen molar-refractivity contribution in [3.05, 3.63) is 29.8 Å². The maximum atomic E-state index is 12.1. The summed E-state index contributed by atoms with van der Waals surface area (Å²) in [6.45, 7) is -1.76. The van der Waals surface area contributed by atoms with Gasteiger partial charge in [0.1, 0.15) is 5.75 Å². The quantitative estimate of drug-likeness (QED) is 0.856. The molecule has 1 aromatic rings. The van der Waals surface area contributed by atoms with Crippen molar-refractivity contribution in [3.63, 3.8) is 0 Å². The SMILES string of the molecule is FC(F)Oc1cccc(C2CCCCN2)c1. The van der Waals surface area contributed by atoms with Crippen LogP contribution in [-0.4, -0.2) is 13.2 Å². The highest BCUT2D eigenvalue weighted by atomic mass is 19.3. The van der Waals surface area contributed by atoms with E-state index >= 15 is 0 Å². The molecule has 0 spiro atoms. The molecular weight excluding hydrogens is 212 g/mol. The van der Waals surface area contributed by atoms with Crippen LogP contribution in [0.4, 0.5) is 8.78 Å². The molecule has 1 heterocycles. The van der Waals surface area contributed by atoms with E-state index in [0.717, 1.165) is 18.5 Å². The molecule has 88 valence electrons. The van der Waals surface area contributed by atoms with Crippen LogP contribution >= 0.6 is 0 Å². The van der Waals surface area contributed by atoms with Crippen LogP contribution in [0.2, 0.25) is 0 Å². The number of rotatable bonds is 3. The molecule has 0 aromatic heterocycles. The molecule has 2 nitrogen and oxygen atoms in total. The minimum atomic E-state index is -2.76. The van der Waals surface area contributed by atoms with Gasteiger partial charge >= 0.3 is 6.61 Å². The molecule has 1 aliphatic heterocycles. The van der Waals surface area contributed by atoms with E-state index in [0.29, 0.717) is 0 Å². The van der Waals surface area contributed by atoms with E-state index in [2.05, 4.69) is 10.1 Å². The van der Waals surface area contributed by atoms with Gasteiger partial charge in [-0.25, -0.2) is 0 Å². The Bertz CT molecular complexity index is 338. The fourth-order valence-corrected chi connectivity index (χ4v) is 2.04. The Morgan fingerprint density at radius 2 is 2.19 bits per heavy atom. The smallest absolute Gasteiger partial charge is 0.387 e. The number of nitrogens with one attached hydrogen (secondary N) is 1. The summed E-state index contributed by atoms with van der Waals surface area (Å²) >= 11 is 0. The normalized spacial score (nSPS) is 21.1. The fourth-order valence-electron chi connectivity index (χ4n) is 2.04. The van der Waals surface area contributed by atoms with Gasteiger partial charge < -0.3 is 10.1 Å². The maximum Gasteiger partial charge on any atom is 0.387 e. The summed E-state index contributed by atoms with van der Waals surface area (Å²) in [6.07, 6.45) is 3.42. The molecule has 1 saturated heterocycles. The highest BCUT2D eigenvalue weighted by Gasteiger charge is 2.15. The van der Waals surface area contributed by atoms with E-state index < -0.39 is 6.61 Å². The van der Waals surface area contributed by atoms with Gasteiger partial charge in [-0.3, -0.25) is 0 Å². The zero-order valence-corrected chi connectivity index (χ0v) is 8.96. The lowest BCUT2D eigenvalue weighted by molar-refractivity contribution is -0.0499. The summed E-state index contributed by atoms with van der Waals surface area (Å²) in [5.41, 5.74) is 1.03. The summed E-state index contributed by atoms with van der Waals surface area (Å²) < 4.78 is 28.5. The Balaban J connectivity index is 2.08. The van der Waals surface area contributed by atoms with Crippen LogP contribution in [0.15, 0.2) is 24.3 Å². The second kappa shape index (κ2) is 5.25. The Hall–Kier alpha value is -1.16. The van der Waals surface area contributed by atoms with Gasteiger partial charge in [0, 0.05) is 6.04 Å². The number of piperidine rings is 1. The predicted octanol–water partition coefficient (Wildman–Crippen LogP) is 3.10. The average molecular weight is 227 g/mol. The second-order valence-electron chi connectivity index (χ2n) is 3.95. The van der Waals surface area contributed by atoms with Crippen molar-refractivity contribution in [2.24, 2.45) is 0 Å². The topological polar surface area (TPSA) is 21.3 Å². The molecule has 16 heavy (non-hydrogen) atoms. The van der Waals surface area contributed by atoms with Crippen LogP contribution in [0.3, 0.4) is 0 Å². The van der Waals surface area contributed by atoms with E-state index in [9.17, 15) is 8.78 Å². The molecule has 1 unspecified atom stereocenters. The number of ether oxygens (including phenoxy) is 1. The van der Waals surface area contributed by atoms with Gasteiger partial charge in [0.2, 0.25) is 0 Å². The molecule has 1 aliphatic rings. The average Bonchev–Trinajstić information content (AvgIpc) is 2.30. The third kappa shape index (κ3) is 2.92. The van der Waals surface area contributed by atoms with E-state index in [1.807, 2.05) is 6.07 Å². The Labute approximate surface area is 93.6 Å². The number of benzene rings is 1. The van der Waals surface area contributed by atoms with Crippen molar-refractivity contribution in [1.29, 1.82) is 0 Å². The van der Waals surface area contributed by atoms with Crippen LogP contribution in [0.25, 0.3) is 0 Å². The molecule has 1 N–H and O–H groups in total. The van der Waals surface area contributed by atoms with Gasteiger partial charge in [0.25, 0.3) is 0 Å². The minimum Gasteiger partial charge on any atom is -0.435 e. The molecule has 0 bridgehead atoms. The zero-order chi connectivity index (χ0) is 11.4. The van der Waals surface area contributed by atoms with Gasteiger partial charge in [-0.05, 0) is 37.1 Å². The summed E-state index contributed by atoms with van der Waals surface area (Å²) in [5, 5.41) is 3.37. The number of halogens is 2. The first-order valence-electron chi connectivity index (χ1n) is 5.54. The molecule has 1 atom stereocenters. The molecule has 0 radical (unpaired) electrons. The molecule has 1 aromatic carbocycles. The third-order valence-corrected chi connectivity index (χ3v) is 2.80. The zero-order valence-electron chi connectivity index (χ0n) is 8.96. The highest BCUT2D eigenvalue weighted by molar-refractivity contribution is 5.30. The molecule has 0 aliphatic carbocycles. The third-order valence-electron chi connectivity index (χ3n) is 2.80. The van der Waals surface area contributed by atoms with Crippen molar-refractivity contribution in [1.82, 2.24) is 5.32 Å². The van der Waals surface area contributed by atoms with Crippen LogP contribution in [0.5, 0.6) is 5.75 Å². The van der Waals surface area contributed by atoms with Crippen molar-refractivity contribution in [3.8, 4) is 5.75 Å². The van der Waals surface area contributed by atoms with Gasteiger partial charge in [-0.2, -0.15) is 8.78 Å². The van der Waals surface area contributed by atoms with Crippen LogP contribution < -0.4 is 10.1 Å². The fraction of sp³-hybridized carbons (Fsp3) is 0.500. The lowest BCUT2D eigenvalue weighted by Crippen LogP contribution is -2.26. The highest BCUT2D eigenvalue weighted by Crippen LogP contribution is 2.26. The predicted molar refractivity (Wildman–Crippen MR) is 57.7 cm³/mol.